The van der Waals surface area contributed by atoms with E-state index < -0.39 is 0 Å². The van der Waals surface area contributed by atoms with Gasteiger partial charge in [-0.1, -0.05) is 0 Å². The number of aliphatic imine (C=N–C) groups is 1. The molecule has 9 heavy (non-hydrogen) atoms. The maximum absolute atomic E-state index is 4.10. The van der Waals surface area contributed by atoms with Crippen molar-refractivity contribution in [2.24, 2.45) is 4.99 Å². The zero-order chi connectivity index (χ0) is 6.91. The highest BCUT2D eigenvalue weighted by Crippen LogP contribution is 2.27. The highest BCUT2D eigenvalue weighted by molar-refractivity contribution is 7.58. The molecule has 0 aliphatic carbocycles. The van der Waals surface area contributed by atoms with Crippen molar-refractivity contribution in [2.45, 2.75) is 19.4 Å². The average Bonchev–Trinajstić information content (AvgIpc) is 2.10. The summed E-state index contributed by atoms with van der Waals surface area (Å²) in [7, 11) is 2.73. The molecule has 0 aromatic rings. The third-order valence-electron chi connectivity index (χ3n) is 1.38. The van der Waals surface area contributed by atoms with Gasteiger partial charge in [0, 0.05) is 12.6 Å². The Balaban J connectivity index is 2.57. The van der Waals surface area contributed by atoms with Crippen LogP contribution in [-0.2, 0) is 0 Å². The fraction of sp³-hybridized carbons (Fsp3) is 0.833. The summed E-state index contributed by atoms with van der Waals surface area (Å²) in [5.74, 6) is 0. The van der Waals surface area contributed by atoms with E-state index in [1.807, 2.05) is 7.05 Å². The molecule has 52 valence electrons. The van der Waals surface area contributed by atoms with E-state index in [1.165, 1.54) is 11.7 Å². The Kier molecular flexibility index (Phi) is 1.76. The first kappa shape index (κ1) is 7.01. The Morgan fingerprint density at radius 2 is 2.33 bits per heavy atom. The van der Waals surface area contributed by atoms with E-state index in [2.05, 4.69) is 24.2 Å². The summed E-state index contributed by atoms with van der Waals surface area (Å²) in [6.45, 7) is 4.41. The molecule has 0 radical (unpaired) electrons. The molecule has 1 saturated heterocycles. The summed E-state index contributed by atoms with van der Waals surface area (Å²) in [4.78, 5) is 4.10. The standard InChI is InChI=1S/C6H13N2P/c1-6(2)4-9-5(7-3)8-6/h9H,4H2,1-3H3,(H,7,8). The maximum Gasteiger partial charge on any atom is 0.116 e. The molecule has 0 saturated carbocycles. The van der Waals surface area contributed by atoms with E-state index in [1.54, 1.807) is 0 Å². The predicted molar refractivity (Wildman–Crippen MR) is 43.8 cm³/mol. The third-order valence-corrected chi connectivity index (χ3v) is 3.12. The fourth-order valence-electron chi connectivity index (χ4n) is 0.849. The smallest absolute Gasteiger partial charge is 0.116 e. The quantitative estimate of drug-likeness (QED) is 0.504. The SMILES string of the molecule is CN=C1NC(C)(C)CP1. The van der Waals surface area contributed by atoms with Crippen LogP contribution in [0.15, 0.2) is 4.99 Å². The summed E-state index contributed by atoms with van der Waals surface area (Å²) in [6, 6.07) is 0. The largest absolute Gasteiger partial charge is 0.365 e. The zero-order valence-corrected chi connectivity index (χ0v) is 7.15. The van der Waals surface area contributed by atoms with Gasteiger partial charge < -0.3 is 5.32 Å². The second-order valence-electron chi connectivity index (χ2n) is 2.93. The van der Waals surface area contributed by atoms with Crippen LogP contribution in [0.4, 0.5) is 0 Å². The molecule has 2 nitrogen and oxygen atoms in total. The van der Waals surface area contributed by atoms with Crippen LogP contribution >= 0.6 is 8.58 Å². The molecule has 0 bridgehead atoms. The lowest BCUT2D eigenvalue weighted by molar-refractivity contribution is 0.536. The molecule has 0 aromatic carbocycles. The van der Waals surface area contributed by atoms with E-state index in [0.717, 1.165) is 8.58 Å². The lowest BCUT2D eigenvalue weighted by Crippen LogP contribution is -2.36. The molecule has 1 heterocycles. The van der Waals surface area contributed by atoms with Gasteiger partial charge >= 0.3 is 0 Å². The van der Waals surface area contributed by atoms with Crippen molar-refractivity contribution in [3.8, 4) is 0 Å². The van der Waals surface area contributed by atoms with Gasteiger partial charge in [-0.2, -0.15) is 0 Å². The second-order valence-corrected chi connectivity index (χ2v) is 4.12. The predicted octanol–water partition coefficient (Wildman–Crippen LogP) is 1.03. The lowest BCUT2D eigenvalue weighted by Gasteiger charge is -2.16. The van der Waals surface area contributed by atoms with E-state index in [4.69, 9.17) is 0 Å². The maximum atomic E-state index is 4.10. The first-order valence-electron chi connectivity index (χ1n) is 3.13. The molecule has 1 fully saturated rings. The van der Waals surface area contributed by atoms with Crippen molar-refractivity contribution in [3.05, 3.63) is 0 Å². The first-order valence-corrected chi connectivity index (χ1v) is 4.34. The molecular formula is C6H13N2P. The van der Waals surface area contributed by atoms with Crippen molar-refractivity contribution in [1.82, 2.24) is 5.32 Å². The van der Waals surface area contributed by atoms with Crippen molar-refractivity contribution in [2.75, 3.05) is 13.2 Å². The molecule has 1 unspecified atom stereocenters. The molecule has 0 spiro atoms. The lowest BCUT2D eigenvalue weighted by atomic mass is 10.1. The molecule has 0 aromatic heterocycles. The number of nitrogens with zero attached hydrogens (tertiary/aromatic N) is 1. The minimum absolute atomic E-state index is 0.299. The Morgan fingerprint density at radius 3 is 2.56 bits per heavy atom. The molecule has 1 N–H and O–H groups in total. The summed E-state index contributed by atoms with van der Waals surface area (Å²) in [5, 5.41) is 3.34. The van der Waals surface area contributed by atoms with Gasteiger partial charge in [-0.15, -0.1) is 0 Å². The normalized spacial score (nSPS) is 31.2. The van der Waals surface area contributed by atoms with Gasteiger partial charge in [0.05, 0.1) is 0 Å². The van der Waals surface area contributed by atoms with Gasteiger partial charge in [-0.3, -0.25) is 4.99 Å². The fourth-order valence-corrected chi connectivity index (χ4v) is 2.13. The number of hydrogen-bond acceptors (Lipinski definition) is 1. The van der Waals surface area contributed by atoms with Crippen LogP contribution in [0.2, 0.25) is 0 Å². The monoisotopic (exact) mass is 144 g/mol. The van der Waals surface area contributed by atoms with Gasteiger partial charge in [0.2, 0.25) is 0 Å². The number of hydrogen-bond donors (Lipinski definition) is 1. The summed E-state index contributed by atoms with van der Waals surface area (Å²) in [6.07, 6.45) is 1.24. The van der Waals surface area contributed by atoms with E-state index in [-0.39, 0.29) is 0 Å². The van der Waals surface area contributed by atoms with Crippen molar-refractivity contribution in [3.63, 3.8) is 0 Å². The highest BCUT2D eigenvalue weighted by atomic mass is 31.1. The number of amidine groups is 1. The molecular weight excluding hydrogens is 131 g/mol. The van der Waals surface area contributed by atoms with Crippen molar-refractivity contribution >= 4 is 14.2 Å². The molecule has 1 atom stereocenters. The Hall–Kier alpha value is -0.100. The molecule has 1 aliphatic rings. The number of nitrogens with one attached hydrogen (secondary N) is 1. The zero-order valence-electron chi connectivity index (χ0n) is 6.15. The van der Waals surface area contributed by atoms with Gasteiger partial charge in [0.15, 0.2) is 0 Å². The molecule has 0 amide bonds. The van der Waals surface area contributed by atoms with Crippen LogP contribution < -0.4 is 5.32 Å². The van der Waals surface area contributed by atoms with Gasteiger partial charge in [-0.05, 0) is 28.6 Å². The highest BCUT2D eigenvalue weighted by Gasteiger charge is 2.25. The van der Waals surface area contributed by atoms with Crippen molar-refractivity contribution in [1.29, 1.82) is 0 Å². The Morgan fingerprint density at radius 1 is 1.67 bits per heavy atom. The average molecular weight is 144 g/mol. The van der Waals surface area contributed by atoms with Crippen LogP contribution in [0.3, 0.4) is 0 Å². The second kappa shape index (κ2) is 2.26. The van der Waals surface area contributed by atoms with Crippen LogP contribution in [0.5, 0.6) is 0 Å². The van der Waals surface area contributed by atoms with Gasteiger partial charge in [0.1, 0.15) is 5.58 Å². The Labute approximate surface area is 57.9 Å². The first-order chi connectivity index (χ1) is 4.14. The summed E-state index contributed by atoms with van der Waals surface area (Å²) < 4.78 is 0. The van der Waals surface area contributed by atoms with Crippen LogP contribution in [0.25, 0.3) is 0 Å². The van der Waals surface area contributed by atoms with E-state index in [9.17, 15) is 0 Å². The van der Waals surface area contributed by atoms with Gasteiger partial charge in [0.25, 0.3) is 0 Å². The van der Waals surface area contributed by atoms with Crippen molar-refractivity contribution < 1.29 is 0 Å². The van der Waals surface area contributed by atoms with Crippen LogP contribution in [-0.4, -0.2) is 24.3 Å². The third kappa shape index (κ3) is 1.65. The van der Waals surface area contributed by atoms with E-state index >= 15 is 0 Å². The van der Waals surface area contributed by atoms with Crippen LogP contribution in [0, 0.1) is 0 Å². The molecule has 1 rings (SSSR count). The Bertz CT molecular complexity index is 140. The summed E-state index contributed by atoms with van der Waals surface area (Å²) in [5.41, 5.74) is 1.48. The minimum atomic E-state index is 0.299. The van der Waals surface area contributed by atoms with Crippen LogP contribution in [0.1, 0.15) is 13.8 Å². The van der Waals surface area contributed by atoms with E-state index in [0.29, 0.717) is 5.54 Å². The number of rotatable bonds is 0. The molecule has 3 heteroatoms. The molecule has 1 aliphatic heterocycles. The minimum Gasteiger partial charge on any atom is -0.365 e. The summed E-state index contributed by atoms with van der Waals surface area (Å²) >= 11 is 0. The topological polar surface area (TPSA) is 24.4 Å². The van der Waals surface area contributed by atoms with Gasteiger partial charge in [-0.25, -0.2) is 0 Å².